The maximum atomic E-state index is 12.2. The molecule has 3 aromatic rings. The van der Waals surface area contributed by atoms with Gasteiger partial charge in [0.2, 0.25) is 0 Å². The van der Waals surface area contributed by atoms with Crippen molar-refractivity contribution in [3.05, 3.63) is 30.5 Å². The van der Waals surface area contributed by atoms with Crippen LogP contribution >= 0.6 is 0 Å². The normalized spacial score (nSPS) is 19.2. The number of likely N-dealkylation sites (tertiary alicyclic amines) is 1. The average molecular weight is 452 g/mol. The molecule has 0 unspecified atom stereocenters. The van der Waals surface area contributed by atoms with Crippen LogP contribution in [0.25, 0.3) is 16.9 Å². The number of hydrogen-bond acceptors (Lipinski definition) is 6. The number of carbonyl (C=O) groups is 1. The number of aromatic nitrogens is 5. The Hall–Kier alpha value is -3.10. The standard InChI is InChI=1S/C24H33N7O2/c1-15(2)20-10-25-21-22(29-8-7-16(29)3)27-19(14-30(20)21)17-9-26-31(11-17)18-12-28(13-18)23(32)33-24(4,5)6/h9-11,14-16,18H,7-8,12-13H2,1-6H3/t16-/m0/s1. The summed E-state index contributed by atoms with van der Waals surface area (Å²) in [7, 11) is 0. The number of rotatable bonds is 4. The molecule has 1 amide bonds. The molecule has 1 atom stereocenters. The number of hydrogen-bond donors (Lipinski definition) is 0. The third-order valence-corrected chi connectivity index (χ3v) is 6.47. The molecule has 9 nitrogen and oxygen atoms in total. The van der Waals surface area contributed by atoms with Crippen LogP contribution in [0.3, 0.4) is 0 Å². The Labute approximate surface area is 194 Å². The molecule has 0 N–H and O–H groups in total. The van der Waals surface area contributed by atoms with Crippen LogP contribution in [-0.2, 0) is 4.74 Å². The van der Waals surface area contributed by atoms with E-state index in [4.69, 9.17) is 14.7 Å². The van der Waals surface area contributed by atoms with Gasteiger partial charge in [0.25, 0.3) is 0 Å². The fourth-order valence-electron chi connectivity index (χ4n) is 4.35. The molecule has 2 aliphatic rings. The number of ether oxygens (including phenoxy) is 1. The Bertz CT molecular complexity index is 1180. The first-order chi connectivity index (χ1) is 15.6. The molecular formula is C24H33N7O2. The van der Waals surface area contributed by atoms with Gasteiger partial charge in [-0.05, 0) is 40.0 Å². The predicted octanol–water partition coefficient (Wildman–Crippen LogP) is 4.11. The van der Waals surface area contributed by atoms with Crippen molar-refractivity contribution in [1.29, 1.82) is 0 Å². The number of nitrogens with zero attached hydrogens (tertiary/aromatic N) is 7. The first-order valence-electron chi connectivity index (χ1n) is 11.8. The van der Waals surface area contributed by atoms with E-state index in [1.165, 1.54) is 12.1 Å². The summed E-state index contributed by atoms with van der Waals surface area (Å²) in [4.78, 5) is 26.0. The van der Waals surface area contributed by atoms with Crippen molar-refractivity contribution in [3.63, 3.8) is 0 Å². The highest BCUT2D eigenvalue weighted by Gasteiger charge is 2.35. The van der Waals surface area contributed by atoms with Gasteiger partial charge in [-0.25, -0.2) is 14.8 Å². The number of fused-ring (bicyclic) bond motifs is 1. The van der Waals surface area contributed by atoms with Crippen LogP contribution in [0.1, 0.15) is 65.6 Å². The Balaban J connectivity index is 1.40. The van der Waals surface area contributed by atoms with Crippen molar-refractivity contribution in [2.24, 2.45) is 0 Å². The van der Waals surface area contributed by atoms with Crippen molar-refractivity contribution in [3.8, 4) is 11.3 Å². The second-order valence-electron chi connectivity index (χ2n) is 10.6. The number of amides is 1. The Morgan fingerprint density at radius 3 is 2.55 bits per heavy atom. The summed E-state index contributed by atoms with van der Waals surface area (Å²) in [6.45, 7) is 14.4. The van der Waals surface area contributed by atoms with Crippen LogP contribution in [0, 0.1) is 0 Å². The van der Waals surface area contributed by atoms with E-state index in [2.05, 4.69) is 41.4 Å². The maximum absolute atomic E-state index is 12.2. The Morgan fingerprint density at radius 2 is 1.94 bits per heavy atom. The van der Waals surface area contributed by atoms with E-state index in [0.29, 0.717) is 25.0 Å². The van der Waals surface area contributed by atoms with Gasteiger partial charge in [0.15, 0.2) is 11.5 Å². The van der Waals surface area contributed by atoms with Gasteiger partial charge in [-0.1, -0.05) is 13.8 Å². The summed E-state index contributed by atoms with van der Waals surface area (Å²) in [5, 5.41) is 4.59. The highest BCUT2D eigenvalue weighted by molar-refractivity contribution is 5.72. The molecule has 3 aromatic heterocycles. The average Bonchev–Trinajstić information content (AvgIpc) is 3.31. The fourth-order valence-corrected chi connectivity index (χ4v) is 4.35. The highest BCUT2D eigenvalue weighted by atomic mass is 16.6. The quantitative estimate of drug-likeness (QED) is 0.594. The van der Waals surface area contributed by atoms with Crippen LogP contribution in [0.4, 0.5) is 10.6 Å². The lowest BCUT2D eigenvalue weighted by molar-refractivity contribution is -0.000382. The zero-order chi connectivity index (χ0) is 23.5. The molecule has 2 aliphatic heterocycles. The Morgan fingerprint density at radius 1 is 1.18 bits per heavy atom. The molecule has 0 aliphatic carbocycles. The summed E-state index contributed by atoms with van der Waals surface area (Å²) in [5.74, 6) is 1.29. The van der Waals surface area contributed by atoms with Gasteiger partial charge < -0.3 is 14.5 Å². The van der Waals surface area contributed by atoms with Crippen LogP contribution in [0.5, 0.6) is 0 Å². The zero-order valence-corrected chi connectivity index (χ0v) is 20.3. The van der Waals surface area contributed by atoms with Crippen molar-refractivity contribution < 1.29 is 9.53 Å². The minimum Gasteiger partial charge on any atom is -0.444 e. The summed E-state index contributed by atoms with van der Waals surface area (Å²) >= 11 is 0. The minimum atomic E-state index is -0.487. The fraction of sp³-hybridized carbons (Fsp3) is 0.583. The number of imidazole rings is 1. The van der Waals surface area contributed by atoms with Crippen LogP contribution in [0.2, 0.25) is 0 Å². The predicted molar refractivity (Wildman–Crippen MR) is 127 cm³/mol. The summed E-state index contributed by atoms with van der Waals surface area (Å²) in [6, 6.07) is 0.608. The van der Waals surface area contributed by atoms with Gasteiger partial charge in [0, 0.05) is 55.5 Å². The van der Waals surface area contributed by atoms with Crippen molar-refractivity contribution in [2.45, 2.75) is 71.6 Å². The van der Waals surface area contributed by atoms with Crippen LogP contribution in [-0.4, -0.2) is 66.4 Å². The molecule has 0 saturated carbocycles. The van der Waals surface area contributed by atoms with Gasteiger partial charge in [0.1, 0.15) is 5.60 Å². The van der Waals surface area contributed by atoms with Crippen LogP contribution in [0.15, 0.2) is 24.8 Å². The van der Waals surface area contributed by atoms with E-state index in [0.717, 1.165) is 29.3 Å². The lowest BCUT2D eigenvalue weighted by atomic mass is 10.1. The molecule has 33 heavy (non-hydrogen) atoms. The molecule has 2 saturated heterocycles. The van der Waals surface area contributed by atoms with E-state index < -0.39 is 5.60 Å². The molecule has 9 heteroatoms. The smallest absolute Gasteiger partial charge is 0.410 e. The number of carbonyl (C=O) groups excluding carboxylic acids is 1. The molecule has 176 valence electrons. The van der Waals surface area contributed by atoms with Gasteiger partial charge in [-0.2, -0.15) is 5.10 Å². The third-order valence-electron chi connectivity index (χ3n) is 6.47. The van der Waals surface area contributed by atoms with E-state index in [1.807, 2.05) is 44.0 Å². The molecule has 0 spiro atoms. The number of anilines is 1. The largest absolute Gasteiger partial charge is 0.444 e. The second-order valence-corrected chi connectivity index (χ2v) is 10.6. The van der Waals surface area contributed by atoms with E-state index in [-0.39, 0.29) is 12.1 Å². The molecule has 5 heterocycles. The highest BCUT2D eigenvalue weighted by Crippen LogP contribution is 2.33. The van der Waals surface area contributed by atoms with E-state index >= 15 is 0 Å². The van der Waals surface area contributed by atoms with Gasteiger partial charge in [-0.3, -0.25) is 9.08 Å². The van der Waals surface area contributed by atoms with E-state index in [9.17, 15) is 4.79 Å². The lowest BCUT2D eigenvalue weighted by Crippen LogP contribution is -2.52. The zero-order valence-electron chi connectivity index (χ0n) is 20.3. The summed E-state index contributed by atoms with van der Waals surface area (Å²) in [5.41, 5.74) is 3.44. The van der Waals surface area contributed by atoms with Gasteiger partial charge in [0.05, 0.1) is 17.9 Å². The first-order valence-corrected chi connectivity index (χ1v) is 11.8. The third kappa shape index (κ3) is 3.94. The minimum absolute atomic E-state index is 0.143. The lowest BCUT2D eigenvalue weighted by Gasteiger charge is -2.40. The maximum Gasteiger partial charge on any atom is 0.410 e. The van der Waals surface area contributed by atoms with E-state index in [1.54, 1.807) is 4.90 Å². The topological polar surface area (TPSA) is 80.8 Å². The molecule has 5 rings (SSSR count). The molecule has 2 fully saturated rings. The van der Waals surface area contributed by atoms with Gasteiger partial charge in [-0.15, -0.1) is 0 Å². The van der Waals surface area contributed by atoms with Gasteiger partial charge >= 0.3 is 6.09 Å². The monoisotopic (exact) mass is 451 g/mol. The molecule has 0 radical (unpaired) electrons. The first kappa shape index (κ1) is 21.7. The van der Waals surface area contributed by atoms with Crippen molar-refractivity contribution >= 4 is 17.6 Å². The summed E-state index contributed by atoms with van der Waals surface area (Å²) < 4.78 is 9.57. The summed E-state index contributed by atoms with van der Waals surface area (Å²) in [6.07, 6.45) is 8.82. The van der Waals surface area contributed by atoms with Crippen LogP contribution < -0.4 is 4.90 Å². The molecule has 0 bridgehead atoms. The second kappa shape index (κ2) is 7.74. The van der Waals surface area contributed by atoms with Crippen molar-refractivity contribution in [2.75, 3.05) is 24.5 Å². The van der Waals surface area contributed by atoms with Crippen molar-refractivity contribution in [1.82, 2.24) is 29.0 Å². The molecule has 0 aromatic carbocycles. The Kier molecular flexibility index (Phi) is 5.10. The molecular weight excluding hydrogens is 418 g/mol. The SMILES string of the molecule is CC(C)c1cnc2c(N3CC[C@@H]3C)nc(-c3cnn(C4CN(C(=O)OC(C)(C)C)C4)c3)cn12.